The minimum atomic E-state index is -0.929. The first kappa shape index (κ1) is 21.3. The van der Waals surface area contributed by atoms with Gasteiger partial charge in [-0.1, -0.05) is 12.1 Å². The van der Waals surface area contributed by atoms with Gasteiger partial charge >= 0.3 is 0 Å². The summed E-state index contributed by atoms with van der Waals surface area (Å²) >= 11 is 0. The summed E-state index contributed by atoms with van der Waals surface area (Å²) in [6, 6.07) is 7.79. The second-order valence-corrected chi connectivity index (χ2v) is 6.78. The van der Waals surface area contributed by atoms with Crippen LogP contribution in [-0.4, -0.2) is 67.8 Å². The van der Waals surface area contributed by atoms with Crippen LogP contribution in [0.3, 0.4) is 0 Å². The van der Waals surface area contributed by atoms with Crippen molar-refractivity contribution in [1.82, 2.24) is 15.5 Å². The predicted molar refractivity (Wildman–Crippen MR) is 110 cm³/mol. The van der Waals surface area contributed by atoms with Crippen LogP contribution >= 0.6 is 24.0 Å². The van der Waals surface area contributed by atoms with Crippen LogP contribution in [0.2, 0.25) is 0 Å². The minimum absolute atomic E-state index is 0. The fourth-order valence-corrected chi connectivity index (χ4v) is 2.88. The molecule has 2 N–H and O–H groups in total. The Morgan fingerprint density at radius 2 is 1.92 bits per heavy atom. The Labute approximate surface area is 163 Å². The highest BCUT2D eigenvalue weighted by Gasteiger charge is 2.09. The topological polar surface area (TPSA) is 66.0 Å². The van der Waals surface area contributed by atoms with Crippen molar-refractivity contribution in [2.45, 2.75) is 11.4 Å². The molecule has 1 aliphatic heterocycles. The van der Waals surface area contributed by atoms with E-state index in [2.05, 4.69) is 20.5 Å². The van der Waals surface area contributed by atoms with Gasteiger partial charge < -0.3 is 15.4 Å². The molecule has 0 bridgehead atoms. The second-order valence-electron chi connectivity index (χ2n) is 5.40. The molecule has 0 spiro atoms. The first-order valence-corrected chi connectivity index (χ1v) is 9.42. The van der Waals surface area contributed by atoms with Gasteiger partial charge in [-0.2, -0.15) is 0 Å². The lowest BCUT2D eigenvalue weighted by Gasteiger charge is -2.26. The van der Waals surface area contributed by atoms with Crippen LogP contribution in [0, 0.1) is 0 Å². The molecule has 1 unspecified atom stereocenters. The predicted octanol–water partition coefficient (Wildman–Crippen LogP) is 1.04. The van der Waals surface area contributed by atoms with Gasteiger partial charge in [0, 0.05) is 61.7 Å². The molecule has 0 aromatic heterocycles. The van der Waals surface area contributed by atoms with E-state index in [1.165, 1.54) is 0 Å². The number of ether oxygens (including phenoxy) is 1. The smallest absolute Gasteiger partial charge is 0.191 e. The van der Waals surface area contributed by atoms with E-state index >= 15 is 0 Å². The van der Waals surface area contributed by atoms with Gasteiger partial charge in [-0.15, -0.1) is 24.0 Å². The van der Waals surface area contributed by atoms with Crippen LogP contribution in [0.25, 0.3) is 0 Å². The van der Waals surface area contributed by atoms with Crippen molar-refractivity contribution < 1.29 is 8.95 Å². The Bertz CT molecular complexity index is 533. The van der Waals surface area contributed by atoms with E-state index in [9.17, 15) is 4.21 Å². The van der Waals surface area contributed by atoms with E-state index in [4.69, 9.17) is 4.74 Å². The molecule has 0 radical (unpaired) electrons. The molecular weight excluding hydrogens is 439 g/mol. The van der Waals surface area contributed by atoms with Gasteiger partial charge in [-0.3, -0.25) is 14.1 Å². The number of morpholine rings is 1. The molecule has 8 heteroatoms. The van der Waals surface area contributed by atoms with Crippen LogP contribution in [0.1, 0.15) is 5.56 Å². The molecule has 136 valence electrons. The molecule has 0 amide bonds. The van der Waals surface area contributed by atoms with Crippen molar-refractivity contribution >= 4 is 40.7 Å². The lowest BCUT2D eigenvalue weighted by molar-refractivity contribution is 0.0389. The van der Waals surface area contributed by atoms with Crippen LogP contribution < -0.4 is 10.6 Å². The van der Waals surface area contributed by atoms with Crippen LogP contribution in [0.4, 0.5) is 0 Å². The van der Waals surface area contributed by atoms with Crippen molar-refractivity contribution in [3.63, 3.8) is 0 Å². The maximum Gasteiger partial charge on any atom is 0.191 e. The highest BCUT2D eigenvalue weighted by Crippen LogP contribution is 2.07. The van der Waals surface area contributed by atoms with Gasteiger partial charge in [0.2, 0.25) is 0 Å². The number of guanidine groups is 1. The summed E-state index contributed by atoms with van der Waals surface area (Å²) in [5.74, 6) is 0.793. The second kappa shape index (κ2) is 11.8. The number of nitrogens with zero attached hydrogens (tertiary/aromatic N) is 2. The number of benzene rings is 1. The maximum atomic E-state index is 11.4. The van der Waals surface area contributed by atoms with Crippen molar-refractivity contribution in [3.05, 3.63) is 29.8 Å². The molecule has 1 aromatic rings. The van der Waals surface area contributed by atoms with E-state index < -0.39 is 10.8 Å². The Morgan fingerprint density at radius 3 is 2.50 bits per heavy atom. The molecule has 0 aliphatic carbocycles. The summed E-state index contributed by atoms with van der Waals surface area (Å²) in [5.41, 5.74) is 1.13. The molecule has 24 heavy (non-hydrogen) atoms. The van der Waals surface area contributed by atoms with E-state index in [1.54, 1.807) is 13.3 Å². The standard InChI is InChI=1S/C16H26N4O2S.HI/c1-17-16(18-7-8-20-9-11-22-12-10-20)19-13-14-3-5-15(6-4-14)23(2)21;/h3-6H,7-13H2,1-2H3,(H2,17,18,19);1H. The number of aliphatic imine (C=N–C) groups is 1. The molecule has 6 nitrogen and oxygen atoms in total. The van der Waals surface area contributed by atoms with Crippen molar-refractivity contribution in [1.29, 1.82) is 0 Å². The summed E-state index contributed by atoms with van der Waals surface area (Å²) in [7, 11) is 0.843. The number of hydrogen-bond acceptors (Lipinski definition) is 4. The van der Waals surface area contributed by atoms with E-state index in [0.717, 1.165) is 55.8 Å². The van der Waals surface area contributed by atoms with Crippen molar-refractivity contribution in [2.24, 2.45) is 4.99 Å². The molecule has 0 saturated carbocycles. The maximum absolute atomic E-state index is 11.4. The fourth-order valence-electron chi connectivity index (χ4n) is 2.36. The van der Waals surface area contributed by atoms with Gasteiger partial charge in [0.1, 0.15) is 0 Å². The molecule has 1 aromatic carbocycles. The van der Waals surface area contributed by atoms with Gasteiger partial charge in [-0.25, -0.2) is 0 Å². The summed E-state index contributed by atoms with van der Waals surface area (Å²) in [5, 5.41) is 6.62. The van der Waals surface area contributed by atoms with Gasteiger partial charge in [-0.05, 0) is 17.7 Å². The van der Waals surface area contributed by atoms with Crippen molar-refractivity contribution in [3.8, 4) is 0 Å². The fraction of sp³-hybridized carbons (Fsp3) is 0.562. The number of hydrogen-bond donors (Lipinski definition) is 2. The molecule has 1 fully saturated rings. The van der Waals surface area contributed by atoms with Crippen LogP contribution in [0.5, 0.6) is 0 Å². The first-order valence-electron chi connectivity index (χ1n) is 7.86. The molecule has 1 heterocycles. The number of nitrogens with one attached hydrogen (secondary N) is 2. The average Bonchev–Trinajstić information content (AvgIpc) is 2.59. The molecular formula is C16H27IN4O2S. The quantitative estimate of drug-likeness (QED) is 0.373. The number of halogens is 1. The molecule has 2 rings (SSSR count). The largest absolute Gasteiger partial charge is 0.379 e. The highest BCUT2D eigenvalue weighted by atomic mass is 127. The minimum Gasteiger partial charge on any atom is -0.379 e. The third-order valence-electron chi connectivity index (χ3n) is 3.76. The monoisotopic (exact) mass is 466 g/mol. The van der Waals surface area contributed by atoms with Crippen LogP contribution in [0.15, 0.2) is 34.2 Å². The zero-order chi connectivity index (χ0) is 16.5. The van der Waals surface area contributed by atoms with E-state index in [-0.39, 0.29) is 24.0 Å². The average molecular weight is 466 g/mol. The summed E-state index contributed by atoms with van der Waals surface area (Å²) in [6.07, 6.45) is 1.69. The molecule has 1 aliphatic rings. The Morgan fingerprint density at radius 1 is 1.25 bits per heavy atom. The van der Waals surface area contributed by atoms with Crippen molar-refractivity contribution in [2.75, 3.05) is 52.7 Å². The Hall–Kier alpha value is -0.710. The van der Waals surface area contributed by atoms with E-state index in [1.807, 2.05) is 24.3 Å². The lowest BCUT2D eigenvalue weighted by Crippen LogP contribution is -2.44. The third kappa shape index (κ3) is 7.45. The summed E-state index contributed by atoms with van der Waals surface area (Å²) < 4.78 is 16.7. The van der Waals surface area contributed by atoms with E-state index in [0.29, 0.717) is 6.54 Å². The zero-order valence-electron chi connectivity index (χ0n) is 14.3. The first-order chi connectivity index (χ1) is 11.2. The highest BCUT2D eigenvalue weighted by molar-refractivity contribution is 14.0. The third-order valence-corrected chi connectivity index (χ3v) is 4.70. The van der Waals surface area contributed by atoms with Gasteiger partial charge in [0.05, 0.1) is 13.2 Å². The molecule has 1 saturated heterocycles. The Kier molecular flexibility index (Phi) is 10.5. The molecule has 1 atom stereocenters. The zero-order valence-corrected chi connectivity index (χ0v) is 17.4. The summed E-state index contributed by atoms with van der Waals surface area (Å²) in [6.45, 7) is 6.18. The lowest BCUT2D eigenvalue weighted by atomic mass is 10.2. The van der Waals surface area contributed by atoms with Gasteiger partial charge in [0.25, 0.3) is 0 Å². The summed E-state index contributed by atoms with van der Waals surface area (Å²) in [4.78, 5) is 7.47. The van der Waals surface area contributed by atoms with Gasteiger partial charge in [0.15, 0.2) is 5.96 Å². The normalized spacial score (nSPS) is 17.0. The Balaban J connectivity index is 0.00000288. The number of rotatable bonds is 6. The SMILES string of the molecule is CN=C(NCCN1CCOCC1)NCc1ccc(S(C)=O)cc1.I. The van der Waals surface area contributed by atoms with Crippen LogP contribution in [-0.2, 0) is 22.1 Å².